The first-order valence-corrected chi connectivity index (χ1v) is 3.36. The normalized spacial score (nSPS) is 31.5. The van der Waals surface area contributed by atoms with E-state index < -0.39 is 12.1 Å². The summed E-state index contributed by atoms with van der Waals surface area (Å²) in [4.78, 5) is 10.6. The van der Waals surface area contributed by atoms with Gasteiger partial charge in [-0.2, -0.15) is 0 Å². The third-order valence-corrected chi connectivity index (χ3v) is 1.62. The molecule has 1 fully saturated rings. The van der Waals surface area contributed by atoms with Crippen molar-refractivity contribution in [2.24, 2.45) is 5.41 Å². The van der Waals surface area contributed by atoms with Crippen molar-refractivity contribution in [3.8, 4) is 0 Å². The summed E-state index contributed by atoms with van der Waals surface area (Å²) in [6.07, 6.45) is -0.407. The van der Waals surface area contributed by atoms with Crippen LogP contribution >= 0.6 is 0 Å². The summed E-state index contributed by atoms with van der Waals surface area (Å²) in [6.45, 7) is 4.34. The predicted octanol–water partition coefficient (Wildman–Crippen LogP) is 0.320. The van der Waals surface area contributed by atoms with Crippen LogP contribution in [0.2, 0.25) is 0 Å². The molecule has 1 aliphatic rings. The number of rotatable bonds is 0. The van der Waals surface area contributed by atoms with Gasteiger partial charge in [-0.1, -0.05) is 13.8 Å². The Labute approximate surface area is 60.0 Å². The van der Waals surface area contributed by atoms with Gasteiger partial charge in [0.15, 0.2) is 6.10 Å². The van der Waals surface area contributed by atoms with Gasteiger partial charge in [-0.25, -0.2) is 4.79 Å². The second-order valence-electron chi connectivity index (χ2n) is 3.49. The number of esters is 1. The maximum absolute atomic E-state index is 10.6. The lowest BCUT2D eigenvalue weighted by Gasteiger charge is -2.31. The van der Waals surface area contributed by atoms with Gasteiger partial charge in [-0.05, 0) is 6.42 Å². The van der Waals surface area contributed by atoms with Crippen LogP contribution in [0, 0.1) is 5.41 Å². The number of cyclic esters (lactones) is 1. The molecule has 3 nitrogen and oxygen atoms in total. The molecule has 0 aromatic heterocycles. The molecular weight excluding hydrogens is 132 g/mol. The Morgan fingerprint density at radius 1 is 1.70 bits per heavy atom. The Kier molecular flexibility index (Phi) is 1.68. The zero-order valence-electron chi connectivity index (χ0n) is 6.26. The number of carbonyl (C=O) groups excluding carboxylic acids is 1. The van der Waals surface area contributed by atoms with E-state index >= 15 is 0 Å². The lowest BCUT2D eigenvalue weighted by molar-refractivity contribution is -0.167. The largest absolute Gasteiger partial charge is 0.463 e. The van der Waals surface area contributed by atoms with Gasteiger partial charge in [-0.15, -0.1) is 0 Å². The molecule has 0 aliphatic carbocycles. The minimum absolute atomic E-state index is 0.0622. The lowest BCUT2D eigenvalue weighted by Crippen LogP contribution is -2.39. The smallest absolute Gasteiger partial charge is 0.334 e. The van der Waals surface area contributed by atoms with Crippen LogP contribution in [0.4, 0.5) is 0 Å². The Morgan fingerprint density at radius 3 is 2.70 bits per heavy atom. The van der Waals surface area contributed by atoms with Gasteiger partial charge in [0.2, 0.25) is 0 Å². The van der Waals surface area contributed by atoms with E-state index in [1.807, 2.05) is 13.8 Å². The molecule has 0 aromatic rings. The van der Waals surface area contributed by atoms with Gasteiger partial charge >= 0.3 is 5.97 Å². The molecule has 1 heterocycles. The van der Waals surface area contributed by atoms with Crippen LogP contribution in [0.5, 0.6) is 0 Å². The molecule has 0 amide bonds. The van der Waals surface area contributed by atoms with Gasteiger partial charge < -0.3 is 9.84 Å². The number of aliphatic hydroxyl groups excluding tert-OH is 1. The standard InChI is InChI=1S/C7H12O3/c1-7(2)3-5(8)6(9)10-4-7/h5,8H,3-4H2,1-2H3/t5-/m1/s1. The van der Waals surface area contributed by atoms with E-state index in [0.29, 0.717) is 13.0 Å². The van der Waals surface area contributed by atoms with Gasteiger partial charge in [-0.3, -0.25) is 0 Å². The fourth-order valence-corrected chi connectivity index (χ4v) is 1.03. The van der Waals surface area contributed by atoms with E-state index in [2.05, 4.69) is 0 Å². The molecule has 0 bridgehead atoms. The zero-order chi connectivity index (χ0) is 7.78. The summed E-state index contributed by atoms with van der Waals surface area (Å²) in [7, 11) is 0. The average molecular weight is 144 g/mol. The first kappa shape index (κ1) is 7.54. The summed E-state index contributed by atoms with van der Waals surface area (Å²) in [5, 5.41) is 9.04. The summed E-state index contributed by atoms with van der Waals surface area (Å²) < 4.78 is 4.72. The summed E-state index contributed by atoms with van der Waals surface area (Å²) in [5.74, 6) is -0.487. The van der Waals surface area contributed by atoms with Gasteiger partial charge in [0.25, 0.3) is 0 Å². The van der Waals surface area contributed by atoms with Crippen LogP contribution in [-0.2, 0) is 9.53 Å². The fraction of sp³-hybridized carbons (Fsp3) is 0.857. The fourth-order valence-electron chi connectivity index (χ4n) is 1.03. The molecule has 1 saturated heterocycles. The molecule has 0 saturated carbocycles. The summed E-state index contributed by atoms with van der Waals surface area (Å²) in [5.41, 5.74) is -0.0622. The highest BCUT2D eigenvalue weighted by Crippen LogP contribution is 2.27. The molecule has 1 N–H and O–H groups in total. The molecule has 0 unspecified atom stereocenters. The molecule has 0 spiro atoms. The van der Waals surface area contributed by atoms with Crippen molar-refractivity contribution in [1.29, 1.82) is 0 Å². The molecule has 1 rings (SSSR count). The number of hydrogen-bond donors (Lipinski definition) is 1. The number of carbonyl (C=O) groups is 1. The zero-order valence-corrected chi connectivity index (χ0v) is 6.26. The van der Waals surface area contributed by atoms with Crippen molar-refractivity contribution >= 4 is 5.97 Å². The topological polar surface area (TPSA) is 46.5 Å². The molecule has 1 aliphatic heterocycles. The monoisotopic (exact) mass is 144 g/mol. The SMILES string of the molecule is CC1(C)COC(=O)[C@H](O)C1. The van der Waals surface area contributed by atoms with Crippen LogP contribution in [0.3, 0.4) is 0 Å². The van der Waals surface area contributed by atoms with E-state index in [1.165, 1.54) is 0 Å². The lowest BCUT2D eigenvalue weighted by atomic mass is 9.86. The van der Waals surface area contributed by atoms with Crippen molar-refractivity contribution in [1.82, 2.24) is 0 Å². The first-order valence-electron chi connectivity index (χ1n) is 3.36. The van der Waals surface area contributed by atoms with Crippen molar-refractivity contribution in [3.63, 3.8) is 0 Å². The van der Waals surface area contributed by atoms with E-state index in [4.69, 9.17) is 9.84 Å². The number of aliphatic hydroxyl groups is 1. The van der Waals surface area contributed by atoms with Crippen molar-refractivity contribution in [3.05, 3.63) is 0 Å². The van der Waals surface area contributed by atoms with Crippen LogP contribution < -0.4 is 0 Å². The molecule has 0 radical (unpaired) electrons. The number of hydrogen-bond acceptors (Lipinski definition) is 3. The minimum Gasteiger partial charge on any atom is -0.463 e. The number of ether oxygens (including phenoxy) is 1. The molecule has 0 aromatic carbocycles. The van der Waals surface area contributed by atoms with Crippen LogP contribution in [0.25, 0.3) is 0 Å². The summed E-state index contributed by atoms with van der Waals surface area (Å²) in [6, 6.07) is 0. The van der Waals surface area contributed by atoms with Crippen molar-refractivity contribution in [2.75, 3.05) is 6.61 Å². The van der Waals surface area contributed by atoms with Crippen molar-refractivity contribution in [2.45, 2.75) is 26.4 Å². The second-order valence-corrected chi connectivity index (χ2v) is 3.49. The predicted molar refractivity (Wildman–Crippen MR) is 35.4 cm³/mol. The van der Waals surface area contributed by atoms with Crippen LogP contribution in [0.15, 0.2) is 0 Å². The summed E-state index contributed by atoms with van der Waals surface area (Å²) >= 11 is 0. The molecule has 10 heavy (non-hydrogen) atoms. The maximum atomic E-state index is 10.6. The molecular formula is C7H12O3. The van der Waals surface area contributed by atoms with E-state index in [1.54, 1.807) is 0 Å². The van der Waals surface area contributed by atoms with Gasteiger partial charge in [0, 0.05) is 5.41 Å². The van der Waals surface area contributed by atoms with Crippen LogP contribution in [-0.4, -0.2) is 23.8 Å². The Bertz CT molecular complexity index is 151. The Morgan fingerprint density at radius 2 is 2.30 bits per heavy atom. The maximum Gasteiger partial charge on any atom is 0.334 e. The van der Waals surface area contributed by atoms with E-state index in [-0.39, 0.29) is 5.41 Å². The van der Waals surface area contributed by atoms with E-state index in [0.717, 1.165) is 0 Å². The van der Waals surface area contributed by atoms with Gasteiger partial charge in [0.1, 0.15) is 0 Å². The minimum atomic E-state index is -0.913. The molecule has 3 heteroatoms. The highest BCUT2D eigenvalue weighted by molar-refractivity contribution is 5.75. The third-order valence-electron chi connectivity index (χ3n) is 1.62. The quantitative estimate of drug-likeness (QED) is 0.498. The van der Waals surface area contributed by atoms with Crippen LogP contribution in [0.1, 0.15) is 20.3 Å². The Hall–Kier alpha value is -0.570. The third kappa shape index (κ3) is 1.48. The first-order chi connectivity index (χ1) is 4.51. The van der Waals surface area contributed by atoms with Gasteiger partial charge in [0.05, 0.1) is 6.61 Å². The second kappa shape index (κ2) is 2.23. The molecule has 1 atom stereocenters. The van der Waals surface area contributed by atoms with E-state index in [9.17, 15) is 4.79 Å². The molecule has 58 valence electrons. The Balaban J connectivity index is 2.57. The highest BCUT2D eigenvalue weighted by Gasteiger charge is 2.33. The highest BCUT2D eigenvalue weighted by atomic mass is 16.5. The van der Waals surface area contributed by atoms with Crippen molar-refractivity contribution < 1.29 is 14.6 Å². The average Bonchev–Trinajstić information content (AvgIpc) is 1.79.